The molecule has 0 bridgehead atoms. The number of hydrogen-bond acceptors (Lipinski definition) is 3. The molecular formula is C16H21FO3. The van der Waals surface area contributed by atoms with Gasteiger partial charge in [0.15, 0.2) is 6.29 Å². The molecule has 0 spiro atoms. The summed E-state index contributed by atoms with van der Waals surface area (Å²) in [5.41, 5.74) is 1.06. The Balaban J connectivity index is 1.31. The molecule has 0 amide bonds. The molecule has 0 aliphatic carbocycles. The Morgan fingerprint density at radius 3 is 2.80 bits per heavy atom. The second-order valence-electron chi connectivity index (χ2n) is 5.46. The molecule has 0 saturated carbocycles. The summed E-state index contributed by atoms with van der Waals surface area (Å²) in [5.74, 6) is -0.202. The maximum Gasteiger partial charge on any atom is 0.157 e. The Labute approximate surface area is 119 Å². The molecule has 3 atom stereocenters. The van der Waals surface area contributed by atoms with Gasteiger partial charge in [-0.05, 0) is 49.8 Å². The maximum atomic E-state index is 12.8. The summed E-state index contributed by atoms with van der Waals surface area (Å²) in [7, 11) is 0. The van der Waals surface area contributed by atoms with Gasteiger partial charge in [0, 0.05) is 13.2 Å². The van der Waals surface area contributed by atoms with Gasteiger partial charge in [-0.1, -0.05) is 12.1 Å². The molecule has 4 heteroatoms. The normalized spacial score (nSPS) is 29.4. The quantitative estimate of drug-likeness (QED) is 0.589. The van der Waals surface area contributed by atoms with Gasteiger partial charge in [0.25, 0.3) is 0 Å². The third-order valence-corrected chi connectivity index (χ3v) is 3.86. The average Bonchev–Trinajstić information content (AvgIpc) is 3.25. The van der Waals surface area contributed by atoms with E-state index in [1.54, 1.807) is 12.1 Å². The van der Waals surface area contributed by atoms with Gasteiger partial charge in [0.05, 0.1) is 6.10 Å². The fourth-order valence-corrected chi connectivity index (χ4v) is 2.65. The first-order valence-electron chi connectivity index (χ1n) is 7.47. The Kier molecular flexibility index (Phi) is 4.65. The van der Waals surface area contributed by atoms with E-state index in [0.717, 1.165) is 44.5 Å². The SMILES string of the molecule is Fc1ccc(C2OC2CCCOC2CCCCO2)cc1. The van der Waals surface area contributed by atoms with E-state index in [2.05, 4.69) is 0 Å². The van der Waals surface area contributed by atoms with Gasteiger partial charge in [0.1, 0.15) is 11.9 Å². The molecule has 2 fully saturated rings. The van der Waals surface area contributed by atoms with Crippen LogP contribution in [0, 0.1) is 5.82 Å². The Bertz CT molecular complexity index is 414. The number of ether oxygens (including phenoxy) is 3. The number of epoxide rings is 1. The van der Waals surface area contributed by atoms with Gasteiger partial charge < -0.3 is 14.2 Å². The highest BCUT2D eigenvalue weighted by molar-refractivity contribution is 5.22. The van der Waals surface area contributed by atoms with Crippen LogP contribution in [0.25, 0.3) is 0 Å². The molecule has 2 aliphatic rings. The van der Waals surface area contributed by atoms with Gasteiger partial charge >= 0.3 is 0 Å². The molecule has 2 heterocycles. The Morgan fingerprint density at radius 2 is 2.05 bits per heavy atom. The summed E-state index contributed by atoms with van der Waals surface area (Å²) < 4.78 is 29.7. The van der Waals surface area contributed by atoms with E-state index in [9.17, 15) is 4.39 Å². The van der Waals surface area contributed by atoms with Crippen LogP contribution in [0.5, 0.6) is 0 Å². The molecular weight excluding hydrogens is 259 g/mol. The van der Waals surface area contributed by atoms with Crippen molar-refractivity contribution in [1.29, 1.82) is 0 Å². The van der Waals surface area contributed by atoms with Gasteiger partial charge in [-0.3, -0.25) is 0 Å². The summed E-state index contributed by atoms with van der Waals surface area (Å²) >= 11 is 0. The van der Waals surface area contributed by atoms with E-state index in [1.165, 1.54) is 18.6 Å². The highest BCUT2D eigenvalue weighted by atomic mass is 19.1. The van der Waals surface area contributed by atoms with Crippen molar-refractivity contribution < 1.29 is 18.6 Å². The van der Waals surface area contributed by atoms with Crippen LogP contribution in [0.4, 0.5) is 4.39 Å². The monoisotopic (exact) mass is 280 g/mol. The molecule has 2 aliphatic heterocycles. The second kappa shape index (κ2) is 6.66. The molecule has 3 rings (SSSR count). The summed E-state index contributed by atoms with van der Waals surface area (Å²) in [6.07, 6.45) is 5.71. The fraction of sp³-hybridized carbons (Fsp3) is 0.625. The highest BCUT2D eigenvalue weighted by Crippen LogP contribution is 2.41. The number of hydrogen-bond donors (Lipinski definition) is 0. The Hall–Kier alpha value is -0.970. The van der Waals surface area contributed by atoms with E-state index >= 15 is 0 Å². The first kappa shape index (κ1) is 14.0. The molecule has 3 nitrogen and oxygen atoms in total. The van der Waals surface area contributed by atoms with Gasteiger partial charge in [0.2, 0.25) is 0 Å². The van der Waals surface area contributed by atoms with Crippen molar-refractivity contribution in [2.75, 3.05) is 13.2 Å². The van der Waals surface area contributed by atoms with Crippen LogP contribution in [-0.4, -0.2) is 25.6 Å². The lowest BCUT2D eigenvalue weighted by Gasteiger charge is -2.22. The van der Waals surface area contributed by atoms with E-state index in [0.29, 0.717) is 0 Å². The van der Waals surface area contributed by atoms with Crippen LogP contribution < -0.4 is 0 Å². The average molecular weight is 280 g/mol. The van der Waals surface area contributed by atoms with Crippen molar-refractivity contribution in [1.82, 2.24) is 0 Å². The molecule has 0 radical (unpaired) electrons. The van der Waals surface area contributed by atoms with Crippen molar-refractivity contribution in [2.24, 2.45) is 0 Å². The molecule has 3 unspecified atom stereocenters. The lowest BCUT2D eigenvalue weighted by Crippen LogP contribution is -2.22. The zero-order chi connectivity index (χ0) is 13.8. The van der Waals surface area contributed by atoms with E-state index in [-0.39, 0.29) is 24.3 Å². The van der Waals surface area contributed by atoms with Gasteiger partial charge in [-0.25, -0.2) is 4.39 Å². The molecule has 2 saturated heterocycles. The predicted octanol–water partition coefficient (Wildman–Crippen LogP) is 3.59. The summed E-state index contributed by atoms with van der Waals surface area (Å²) in [6, 6.07) is 6.56. The van der Waals surface area contributed by atoms with Crippen molar-refractivity contribution >= 4 is 0 Å². The third-order valence-electron chi connectivity index (χ3n) is 3.86. The first-order valence-corrected chi connectivity index (χ1v) is 7.47. The molecule has 20 heavy (non-hydrogen) atoms. The zero-order valence-electron chi connectivity index (χ0n) is 11.6. The van der Waals surface area contributed by atoms with Crippen molar-refractivity contribution in [3.05, 3.63) is 35.6 Å². The van der Waals surface area contributed by atoms with Crippen LogP contribution in [0.3, 0.4) is 0 Å². The highest BCUT2D eigenvalue weighted by Gasteiger charge is 2.39. The van der Waals surface area contributed by atoms with Gasteiger partial charge in [-0.2, -0.15) is 0 Å². The van der Waals surface area contributed by atoms with Crippen molar-refractivity contribution in [3.63, 3.8) is 0 Å². The van der Waals surface area contributed by atoms with Crippen LogP contribution in [0.15, 0.2) is 24.3 Å². The summed E-state index contributed by atoms with van der Waals surface area (Å²) in [5, 5.41) is 0. The lowest BCUT2D eigenvalue weighted by molar-refractivity contribution is -0.162. The molecule has 1 aromatic rings. The van der Waals surface area contributed by atoms with Crippen LogP contribution >= 0.6 is 0 Å². The Morgan fingerprint density at radius 1 is 1.20 bits per heavy atom. The third kappa shape index (κ3) is 3.78. The van der Waals surface area contributed by atoms with Crippen LogP contribution in [0.1, 0.15) is 43.8 Å². The minimum Gasteiger partial charge on any atom is -0.365 e. The number of halogens is 1. The second-order valence-corrected chi connectivity index (χ2v) is 5.46. The maximum absolute atomic E-state index is 12.8. The standard InChI is InChI=1S/C16H21FO3/c17-13-8-6-12(7-9-13)16-14(20-16)4-3-11-19-15-5-1-2-10-18-15/h6-9,14-16H,1-5,10-11H2. The lowest BCUT2D eigenvalue weighted by atomic mass is 10.1. The van der Waals surface area contributed by atoms with E-state index in [1.807, 2.05) is 0 Å². The molecule has 1 aromatic carbocycles. The molecule has 0 aromatic heterocycles. The van der Waals surface area contributed by atoms with E-state index < -0.39 is 0 Å². The van der Waals surface area contributed by atoms with E-state index in [4.69, 9.17) is 14.2 Å². The minimum atomic E-state index is -0.202. The van der Waals surface area contributed by atoms with Crippen LogP contribution in [-0.2, 0) is 14.2 Å². The summed E-state index contributed by atoms with van der Waals surface area (Å²) in [4.78, 5) is 0. The smallest absolute Gasteiger partial charge is 0.157 e. The van der Waals surface area contributed by atoms with Crippen molar-refractivity contribution in [3.8, 4) is 0 Å². The topological polar surface area (TPSA) is 31.0 Å². The van der Waals surface area contributed by atoms with Crippen molar-refractivity contribution in [2.45, 2.75) is 50.6 Å². The summed E-state index contributed by atoms with van der Waals surface area (Å²) in [6.45, 7) is 1.55. The number of benzene rings is 1. The molecule has 110 valence electrons. The number of rotatable bonds is 6. The largest absolute Gasteiger partial charge is 0.365 e. The van der Waals surface area contributed by atoms with Gasteiger partial charge in [-0.15, -0.1) is 0 Å². The minimum absolute atomic E-state index is 0.00299. The zero-order valence-corrected chi connectivity index (χ0v) is 11.6. The molecule has 0 N–H and O–H groups in total. The first-order chi connectivity index (χ1) is 9.83. The van der Waals surface area contributed by atoms with Crippen LogP contribution in [0.2, 0.25) is 0 Å². The predicted molar refractivity (Wildman–Crippen MR) is 72.8 cm³/mol. The fourth-order valence-electron chi connectivity index (χ4n) is 2.65.